The summed E-state index contributed by atoms with van der Waals surface area (Å²) in [5.41, 5.74) is 2.56. The van der Waals surface area contributed by atoms with E-state index in [0.29, 0.717) is 48.0 Å². The molecule has 3 heterocycles. The normalized spacial score (nSPS) is 23.8. The van der Waals surface area contributed by atoms with Crippen LogP contribution in [-0.4, -0.2) is 58.5 Å². The van der Waals surface area contributed by atoms with E-state index in [-0.39, 0.29) is 42.1 Å². The predicted octanol–water partition coefficient (Wildman–Crippen LogP) is 5.82. The highest BCUT2D eigenvalue weighted by Crippen LogP contribution is 2.47. The molecule has 2 aliphatic heterocycles. The van der Waals surface area contributed by atoms with Gasteiger partial charge >= 0.3 is 0 Å². The molecule has 1 N–H and O–H groups in total. The van der Waals surface area contributed by atoms with Crippen molar-refractivity contribution in [3.8, 4) is 5.88 Å². The number of hydrogen-bond acceptors (Lipinski definition) is 5. The lowest BCUT2D eigenvalue weighted by Crippen LogP contribution is -2.55. The average molecular weight is 603 g/mol. The van der Waals surface area contributed by atoms with Crippen LogP contribution in [0.4, 0.5) is 0 Å². The molecule has 212 valence electrons. The zero-order chi connectivity index (χ0) is 28.4. The number of halogens is 2. The van der Waals surface area contributed by atoms with E-state index in [1.165, 1.54) is 10.4 Å². The zero-order valence-electron chi connectivity index (χ0n) is 22.3. The van der Waals surface area contributed by atoms with Gasteiger partial charge in [0.2, 0.25) is 21.8 Å². The van der Waals surface area contributed by atoms with Crippen LogP contribution < -0.4 is 0 Å². The Morgan fingerprint density at radius 2 is 1.77 bits per heavy atom. The number of rotatable bonds is 8. The smallest absolute Gasteiger partial charge is 0.226 e. The summed E-state index contributed by atoms with van der Waals surface area (Å²) in [5.74, 6) is -0.551. The van der Waals surface area contributed by atoms with Crippen LogP contribution in [0.15, 0.2) is 66.7 Å². The molecule has 2 aromatic carbocycles. The highest BCUT2D eigenvalue weighted by molar-refractivity contribution is 7.89. The van der Waals surface area contributed by atoms with Crippen LogP contribution >= 0.6 is 23.2 Å². The number of likely N-dealkylation sites (tertiary alicyclic amines) is 1. The second-order valence-electron chi connectivity index (χ2n) is 10.6. The number of sulfonamides is 1. The minimum Gasteiger partial charge on any atom is -0.493 e. The van der Waals surface area contributed by atoms with Gasteiger partial charge in [-0.05, 0) is 60.7 Å². The predicted molar refractivity (Wildman–Crippen MR) is 157 cm³/mol. The summed E-state index contributed by atoms with van der Waals surface area (Å²) in [6.07, 6.45) is 2.07. The highest BCUT2D eigenvalue weighted by atomic mass is 35.5. The molecule has 0 radical (unpaired) electrons. The van der Waals surface area contributed by atoms with Crippen LogP contribution in [0.3, 0.4) is 0 Å². The monoisotopic (exact) mass is 601 g/mol. The maximum absolute atomic E-state index is 14.5. The van der Waals surface area contributed by atoms with Crippen LogP contribution in [-0.2, 0) is 21.2 Å². The molecule has 0 aliphatic carbocycles. The van der Waals surface area contributed by atoms with Crippen molar-refractivity contribution < 1.29 is 18.3 Å². The Bertz CT molecular complexity index is 1470. The SMILES string of the molecule is CCC(CN1CCCS1(=O)=O)N1C(=O)[C@@H](Cc2cccc(O)n2)C[C@H](c2cccc(Cl)c2)[C@H]1c1ccc(Cl)cc1. The van der Waals surface area contributed by atoms with Gasteiger partial charge in [-0.15, -0.1) is 0 Å². The van der Waals surface area contributed by atoms with Crippen molar-refractivity contribution in [3.05, 3.63) is 93.6 Å². The van der Waals surface area contributed by atoms with Gasteiger partial charge in [0.1, 0.15) is 0 Å². The second-order valence-corrected chi connectivity index (χ2v) is 13.6. The van der Waals surface area contributed by atoms with Crippen LogP contribution in [0.1, 0.15) is 55.0 Å². The Labute approximate surface area is 245 Å². The standard InChI is InChI=1S/C30H33Cl2N3O4S/c1-2-26(19-34-14-5-15-40(34,38)39)35-29(20-10-12-23(31)13-11-20)27(21-6-3-7-24(32)16-21)18-22(30(35)37)17-25-8-4-9-28(36)33-25/h3-4,6-13,16,22,26-27,29H,2,5,14-15,17-19H2,1H3,(H,33,36)/t22-,26?,27+,29+/m0/s1. The molecular formula is C30H33Cl2N3O4S. The van der Waals surface area contributed by atoms with Crippen molar-refractivity contribution in [2.45, 2.75) is 50.6 Å². The third kappa shape index (κ3) is 6.15. The van der Waals surface area contributed by atoms with Crippen molar-refractivity contribution >= 4 is 39.1 Å². The zero-order valence-corrected chi connectivity index (χ0v) is 24.6. The molecule has 1 amide bonds. The minimum atomic E-state index is -3.35. The number of pyridine rings is 1. The van der Waals surface area contributed by atoms with Crippen molar-refractivity contribution in [2.75, 3.05) is 18.8 Å². The first kappa shape index (κ1) is 28.9. The molecule has 4 atom stereocenters. The molecule has 40 heavy (non-hydrogen) atoms. The Kier molecular flexibility index (Phi) is 8.71. The van der Waals surface area contributed by atoms with Gasteiger partial charge in [-0.2, -0.15) is 4.31 Å². The van der Waals surface area contributed by atoms with E-state index >= 15 is 0 Å². The summed E-state index contributed by atoms with van der Waals surface area (Å²) < 4.78 is 27.1. The maximum atomic E-state index is 14.5. The average Bonchev–Trinajstić information content (AvgIpc) is 3.26. The van der Waals surface area contributed by atoms with E-state index in [0.717, 1.165) is 11.1 Å². The number of aromatic hydroxyl groups is 1. The molecule has 0 bridgehead atoms. The fraction of sp³-hybridized carbons (Fsp3) is 0.400. The molecule has 1 aromatic heterocycles. The summed E-state index contributed by atoms with van der Waals surface area (Å²) in [6.45, 7) is 2.70. The summed E-state index contributed by atoms with van der Waals surface area (Å²) in [7, 11) is -3.35. The summed E-state index contributed by atoms with van der Waals surface area (Å²) in [4.78, 5) is 20.6. The third-order valence-corrected chi connectivity index (χ3v) is 10.5. The van der Waals surface area contributed by atoms with Crippen LogP contribution in [0.2, 0.25) is 10.0 Å². The number of benzene rings is 2. The van der Waals surface area contributed by atoms with Crippen molar-refractivity contribution in [1.82, 2.24) is 14.2 Å². The van der Waals surface area contributed by atoms with Gasteiger partial charge in [-0.3, -0.25) is 4.79 Å². The number of hydrogen-bond donors (Lipinski definition) is 1. The summed E-state index contributed by atoms with van der Waals surface area (Å²) in [5, 5.41) is 11.2. The minimum absolute atomic E-state index is 0.0492. The van der Waals surface area contributed by atoms with Crippen LogP contribution in [0.5, 0.6) is 5.88 Å². The van der Waals surface area contributed by atoms with E-state index in [4.69, 9.17) is 23.2 Å². The summed E-state index contributed by atoms with van der Waals surface area (Å²) in [6, 6.07) is 19.6. The van der Waals surface area contributed by atoms with E-state index in [2.05, 4.69) is 4.98 Å². The Morgan fingerprint density at radius 3 is 2.42 bits per heavy atom. The molecule has 2 saturated heterocycles. The van der Waals surface area contributed by atoms with Crippen LogP contribution in [0.25, 0.3) is 0 Å². The van der Waals surface area contributed by atoms with E-state index < -0.39 is 15.9 Å². The van der Waals surface area contributed by atoms with Gasteiger partial charge in [0.15, 0.2) is 0 Å². The van der Waals surface area contributed by atoms with E-state index in [1.54, 1.807) is 6.07 Å². The molecular weight excluding hydrogens is 569 g/mol. The van der Waals surface area contributed by atoms with Crippen molar-refractivity contribution in [1.29, 1.82) is 0 Å². The number of piperidine rings is 1. The largest absolute Gasteiger partial charge is 0.493 e. The van der Waals surface area contributed by atoms with Gasteiger partial charge in [0.25, 0.3) is 0 Å². The fourth-order valence-electron chi connectivity index (χ4n) is 6.14. The Balaban J connectivity index is 1.62. The van der Waals surface area contributed by atoms with Gasteiger partial charge in [0, 0.05) is 59.2 Å². The molecule has 2 aliphatic rings. The van der Waals surface area contributed by atoms with Crippen molar-refractivity contribution in [3.63, 3.8) is 0 Å². The molecule has 5 rings (SSSR count). The lowest BCUT2D eigenvalue weighted by molar-refractivity contribution is -0.147. The second kappa shape index (κ2) is 12.1. The fourth-order valence-corrected chi connectivity index (χ4v) is 8.03. The Morgan fingerprint density at radius 1 is 1.02 bits per heavy atom. The lowest BCUT2D eigenvalue weighted by atomic mass is 9.74. The first-order chi connectivity index (χ1) is 19.2. The Hall–Kier alpha value is -2.65. The molecule has 2 fully saturated rings. The molecule has 3 aromatic rings. The topological polar surface area (TPSA) is 90.8 Å². The van der Waals surface area contributed by atoms with Gasteiger partial charge in [-0.1, -0.05) is 60.5 Å². The molecule has 10 heteroatoms. The van der Waals surface area contributed by atoms with Crippen molar-refractivity contribution in [2.24, 2.45) is 5.92 Å². The molecule has 1 unspecified atom stereocenters. The number of nitrogens with zero attached hydrogens (tertiary/aromatic N) is 3. The van der Waals surface area contributed by atoms with E-state index in [1.807, 2.05) is 66.4 Å². The number of carbonyl (C=O) groups is 1. The quantitative estimate of drug-likeness (QED) is 0.351. The number of amides is 1. The first-order valence-electron chi connectivity index (χ1n) is 13.6. The number of aromatic nitrogens is 1. The third-order valence-electron chi connectivity index (χ3n) is 8.04. The van der Waals surface area contributed by atoms with Crippen LogP contribution in [0, 0.1) is 5.92 Å². The molecule has 7 nitrogen and oxygen atoms in total. The highest BCUT2D eigenvalue weighted by Gasteiger charge is 2.46. The lowest BCUT2D eigenvalue weighted by Gasteiger charge is -2.49. The van der Waals surface area contributed by atoms with Gasteiger partial charge in [-0.25, -0.2) is 13.4 Å². The first-order valence-corrected chi connectivity index (χ1v) is 16.0. The van der Waals surface area contributed by atoms with Gasteiger partial charge < -0.3 is 10.0 Å². The van der Waals surface area contributed by atoms with E-state index in [9.17, 15) is 18.3 Å². The maximum Gasteiger partial charge on any atom is 0.226 e. The molecule has 0 saturated carbocycles. The molecule has 0 spiro atoms. The number of carbonyl (C=O) groups excluding carboxylic acids is 1. The van der Waals surface area contributed by atoms with Gasteiger partial charge in [0.05, 0.1) is 11.8 Å². The summed E-state index contributed by atoms with van der Waals surface area (Å²) >= 11 is 12.7.